The van der Waals surface area contributed by atoms with Crippen LogP contribution in [0.15, 0.2) is 28.8 Å². The molecule has 25 heavy (non-hydrogen) atoms. The Morgan fingerprint density at radius 3 is 2.88 bits per heavy atom. The van der Waals surface area contributed by atoms with Crippen molar-refractivity contribution in [3.8, 4) is 11.4 Å². The fraction of sp³-hybridized carbons (Fsp3) is 0.556. The number of rotatable bonds is 4. The molecular weight excluding hydrogens is 340 g/mol. The molecule has 0 spiro atoms. The first kappa shape index (κ1) is 18.3. The zero-order valence-corrected chi connectivity index (χ0v) is 15.1. The van der Waals surface area contributed by atoms with Crippen molar-refractivity contribution in [2.45, 2.75) is 31.9 Å². The summed E-state index contributed by atoms with van der Waals surface area (Å²) in [6, 6.07) is 8.45. The van der Waals surface area contributed by atoms with Gasteiger partial charge < -0.3 is 14.6 Å². The fourth-order valence-electron chi connectivity index (χ4n) is 3.39. The molecule has 136 valence electrons. The maximum Gasteiger partial charge on any atom is 0.257 e. The number of ether oxygens (including phenoxy) is 1. The summed E-state index contributed by atoms with van der Waals surface area (Å²) < 4.78 is 11.1. The Morgan fingerprint density at radius 2 is 2.08 bits per heavy atom. The summed E-state index contributed by atoms with van der Waals surface area (Å²) in [4.78, 5) is 7.06. The maximum atomic E-state index is 5.67. The third-order valence-electron chi connectivity index (χ3n) is 4.68. The van der Waals surface area contributed by atoms with Gasteiger partial charge in [0.15, 0.2) is 0 Å². The van der Waals surface area contributed by atoms with E-state index in [4.69, 9.17) is 9.26 Å². The first-order valence-corrected chi connectivity index (χ1v) is 8.86. The Balaban J connectivity index is 0.00000182. The molecule has 1 aromatic heterocycles. The summed E-state index contributed by atoms with van der Waals surface area (Å²) in [6.45, 7) is 5.65. The number of halogens is 1. The lowest BCUT2D eigenvalue weighted by atomic mass is 10.1. The van der Waals surface area contributed by atoms with Gasteiger partial charge in [0.25, 0.3) is 5.89 Å². The van der Waals surface area contributed by atoms with E-state index in [-0.39, 0.29) is 18.5 Å². The summed E-state index contributed by atoms with van der Waals surface area (Å²) in [5, 5.41) is 7.42. The summed E-state index contributed by atoms with van der Waals surface area (Å²) in [6.07, 6.45) is 3.84. The van der Waals surface area contributed by atoms with E-state index in [0.29, 0.717) is 18.3 Å². The molecule has 6 nitrogen and oxygen atoms in total. The average molecular weight is 365 g/mol. The lowest BCUT2D eigenvalue weighted by Crippen LogP contribution is -2.33. The monoisotopic (exact) mass is 364 g/mol. The SMILES string of the molecule is Cl.c1cc(CN2CCCCC2)cc(-c2noc([C@@H]3CNCCO3)n2)c1. The van der Waals surface area contributed by atoms with Gasteiger partial charge in [0, 0.05) is 25.2 Å². The Labute approximate surface area is 154 Å². The van der Waals surface area contributed by atoms with Crippen LogP contribution in [-0.2, 0) is 11.3 Å². The van der Waals surface area contributed by atoms with E-state index in [1.54, 1.807) is 0 Å². The van der Waals surface area contributed by atoms with Crippen molar-refractivity contribution < 1.29 is 9.26 Å². The zero-order valence-electron chi connectivity index (χ0n) is 14.3. The smallest absolute Gasteiger partial charge is 0.257 e. The van der Waals surface area contributed by atoms with Crippen molar-refractivity contribution in [3.63, 3.8) is 0 Å². The van der Waals surface area contributed by atoms with E-state index in [9.17, 15) is 0 Å². The minimum atomic E-state index is -0.142. The topological polar surface area (TPSA) is 63.4 Å². The Hall–Kier alpha value is -1.47. The predicted molar refractivity (Wildman–Crippen MR) is 97.7 cm³/mol. The molecule has 1 N–H and O–H groups in total. The van der Waals surface area contributed by atoms with Gasteiger partial charge in [0.1, 0.15) is 6.10 Å². The fourth-order valence-corrected chi connectivity index (χ4v) is 3.39. The van der Waals surface area contributed by atoms with Crippen LogP contribution in [0.3, 0.4) is 0 Å². The molecule has 2 aromatic rings. The number of benzene rings is 1. The minimum absolute atomic E-state index is 0. The molecule has 2 aliphatic rings. The predicted octanol–water partition coefficient (Wildman–Crippen LogP) is 2.81. The van der Waals surface area contributed by atoms with Crippen LogP contribution in [0.25, 0.3) is 11.4 Å². The highest BCUT2D eigenvalue weighted by molar-refractivity contribution is 5.85. The first-order chi connectivity index (χ1) is 11.9. The lowest BCUT2D eigenvalue weighted by Gasteiger charge is -2.26. The van der Waals surface area contributed by atoms with Crippen molar-refractivity contribution >= 4 is 12.4 Å². The molecule has 3 heterocycles. The Bertz CT molecular complexity index is 667. The van der Waals surface area contributed by atoms with Crippen molar-refractivity contribution in [1.29, 1.82) is 0 Å². The van der Waals surface area contributed by atoms with Gasteiger partial charge in [-0.05, 0) is 37.6 Å². The summed E-state index contributed by atoms with van der Waals surface area (Å²) in [5.41, 5.74) is 2.31. The number of aromatic nitrogens is 2. The Morgan fingerprint density at radius 1 is 1.20 bits per heavy atom. The molecule has 7 heteroatoms. The highest BCUT2D eigenvalue weighted by Crippen LogP contribution is 2.23. The van der Waals surface area contributed by atoms with E-state index < -0.39 is 0 Å². The van der Waals surface area contributed by atoms with E-state index in [1.807, 2.05) is 6.07 Å². The number of hydrogen-bond donors (Lipinski definition) is 1. The number of piperidine rings is 1. The molecule has 1 aromatic carbocycles. The highest BCUT2D eigenvalue weighted by Gasteiger charge is 2.22. The van der Waals surface area contributed by atoms with E-state index in [1.165, 1.54) is 37.9 Å². The normalized spacial score (nSPS) is 21.7. The number of nitrogens with zero attached hydrogens (tertiary/aromatic N) is 3. The molecule has 0 aliphatic carbocycles. The van der Waals surface area contributed by atoms with Crippen molar-refractivity contribution in [2.24, 2.45) is 0 Å². The Kier molecular flexibility index (Phi) is 6.42. The summed E-state index contributed by atoms with van der Waals surface area (Å²) in [7, 11) is 0. The second-order valence-electron chi connectivity index (χ2n) is 6.56. The first-order valence-electron chi connectivity index (χ1n) is 8.86. The van der Waals surface area contributed by atoms with Gasteiger partial charge in [0.2, 0.25) is 5.82 Å². The van der Waals surface area contributed by atoms with E-state index in [2.05, 4.69) is 38.6 Å². The number of likely N-dealkylation sites (tertiary alicyclic amines) is 1. The number of hydrogen-bond acceptors (Lipinski definition) is 6. The molecule has 2 fully saturated rings. The average Bonchev–Trinajstić information content (AvgIpc) is 3.14. The van der Waals surface area contributed by atoms with Crippen LogP contribution < -0.4 is 5.32 Å². The molecule has 2 saturated heterocycles. The second kappa shape index (κ2) is 8.76. The van der Waals surface area contributed by atoms with Crippen LogP contribution in [0, 0.1) is 0 Å². The molecule has 1 atom stereocenters. The molecule has 0 bridgehead atoms. The largest absolute Gasteiger partial charge is 0.366 e. The van der Waals surface area contributed by atoms with Crippen LogP contribution in [0.5, 0.6) is 0 Å². The van der Waals surface area contributed by atoms with E-state index in [0.717, 1.165) is 25.2 Å². The van der Waals surface area contributed by atoms with Gasteiger partial charge in [-0.25, -0.2) is 0 Å². The van der Waals surface area contributed by atoms with Gasteiger partial charge >= 0.3 is 0 Å². The lowest BCUT2D eigenvalue weighted by molar-refractivity contribution is 0.00755. The van der Waals surface area contributed by atoms with Crippen molar-refractivity contribution in [3.05, 3.63) is 35.7 Å². The van der Waals surface area contributed by atoms with Crippen LogP contribution in [0.2, 0.25) is 0 Å². The highest BCUT2D eigenvalue weighted by atomic mass is 35.5. The van der Waals surface area contributed by atoms with Crippen LogP contribution in [0.4, 0.5) is 0 Å². The molecule has 0 saturated carbocycles. The van der Waals surface area contributed by atoms with Gasteiger partial charge in [-0.3, -0.25) is 4.90 Å². The third kappa shape index (κ3) is 4.58. The molecule has 4 rings (SSSR count). The molecule has 0 unspecified atom stereocenters. The second-order valence-corrected chi connectivity index (χ2v) is 6.56. The quantitative estimate of drug-likeness (QED) is 0.900. The third-order valence-corrected chi connectivity index (χ3v) is 4.68. The van der Waals surface area contributed by atoms with Gasteiger partial charge in [0.05, 0.1) is 6.61 Å². The zero-order chi connectivity index (χ0) is 16.2. The van der Waals surface area contributed by atoms with Crippen LogP contribution >= 0.6 is 12.4 Å². The minimum Gasteiger partial charge on any atom is -0.366 e. The van der Waals surface area contributed by atoms with Gasteiger partial charge in [-0.2, -0.15) is 4.98 Å². The van der Waals surface area contributed by atoms with Gasteiger partial charge in [-0.1, -0.05) is 29.8 Å². The number of morpholine rings is 1. The van der Waals surface area contributed by atoms with Crippen molar-refractivity contribution in [1.82, 2.24) is 20.4 Å². The molecular formula is C18H25ClN4O2. The van der Waals surface area contributed by atoms with Crippen molar-refractivity contribution in [2.75, 3.05) is 32.8 Å². The molecule has 2 aliphatic heterocycles. The van der Waals surface area contributed by atoms with Crippen LogP contribution in [-0.4, -0.2) is 47.8 Å². The number of nitrogens with one attached hydrogen (secondary N) is 1. The maximum absolute atomic E-state index is 5.67. The summed E-state index contributed by atoms with van der Waals surface area (Å²) >= 11 is 0. The molecule has 0 radical (unpaired) electrons. The summed E-state index contributed by atoms with van der Waals surface area (Å²) in [5.74, 6) is 1.19. The van der Waals surface area contributed by atoms with E-state index >= 15 is 0 Å². The van der Waals surface area contributed by atoms with Gasteiger partial charge in [-0.15, -0.1) is 12.4 Å². The molecule has 0 amide bonds. The standard InChI is InChI=1S/C18H24N4O2.ClH/c1-2-8-22(9-3-1)13-14-5-4-6-15(11-14)17-20-18(24-21-17)16-12-19-7-10-23-16;/h4-6,11,16,19H,1-3,7-10,12-13H2;1H/t16-;/m0./s1. The van der Waals surface area contributed by atoms with Crippen LogP contribution in [0.1, 0.15) is 36.8 Å².